The lowest BCUT2D eigenvalue weighted by atomic mass is 9.91. The highest BCUT2D eigenvalue weighted by Crippen LogP contribution is 2.41. The first-order chi connectivity index (χ1) is 11.0. The molecule has 1 amide bonds. The van der Waals surface area contributed by atoms with Gasteiger partial charge in [0.15, 0.2) is 17.3 Å². The maximum atomic E-state index is 12.5. The van der Waals surface area contributed by atoms with Gasteiger partial charge in [-0.25, -0.2) is 4.79 Å². The maximum Gasteiger partial charge on any atom is 0.414 e. The molecule has 1 aliphatic heterocycles. The predicted molar refractivity (Wildman–Crippen MR) is 83.6 cm³/mol. The Morgan fingerprint density at radius 2 is 1.91 bits per heavy atom. The molecule has 2 rings (SSSR count). The van der Waals surface area contributed by atoms with Gasteiger partial charge in [0.1, 0.15) is 0 Å². The highest BCUT2D eigenvalue weighted by atomic mass is 16.6. The van der Waals surface area contributed by atoms with Crippen LogP contribution in [-0.2, 0) is 4.74 Å². The van der Waals surface area contributed by atoms with E-state index in [4.69, 9.17) is 14.2 Å². The van der Waals surface area contributed by atoms with Crippen molar-refractivity contribution in [2.75, 3.05) is 25.7 Å². The van der Waals surface area contributed by atoms with Crippen LogP contribution in [0.25, 0.3) is 0 Å². The minimum atomic E-state index is -0.669. The third kappa shape index (κ3) is 2.69. The van der Waals surface area contributed by atoms with Gasteiger partial charge in [-0.2, -0.15) is 0 Å². The molecule has 1 aromatic carbocycles. The quantitative estimate of drug-likeness (QED) is 0.680. The van der Waals surface area contributed by atoms with Crippen molar-refractivity contribution < 1.29 is 28.9 Å². The highest BCUT2D eigenvalue weighted by molar-refractivity contribution is 6.18. The number of ketones is 1. The van der Waals surface area contributed by atoms with Crippen molar-refractivity contribution in [3.8, 4) is 11.5 Å². The molecule has 23 heavy (non-hydrogen) atoms. The highest BCUT2D eigenvalue weighted by Gasteiger charge is 2.38. The fraction of sp³-hybridized carbons (Fsp3) is 0.375. The number of rotatable bonds is 3. The van der Waals surface area contributed by atoms with E-state index in [2.05, 4.69) is 0 Å². The largest absolute Gasteiger partial charge is 0.515 e. The van der Waals surface area contributed by atoms with E-state index in [1.165, 1.54) is 25.2 Å². The Bertz CT molecular complexity index is 667. The van der Waals surface area contributed by atoms with Crippen molar-refractivity contribution in [1.29, 1.82) is 0 Å². The van der Waals surface area contributed by atoms with Gasteiger partial charge < -0.3 is 19.3 Å². The average Bonchev–Trinajstić information content (AvgIpc) is 2.54. The van der Waals surface area contributed by atoms with Crippen molar-refractivity contribution >= 4 is 17.6 Å². The number of anilines is 1. The SMILES string of the molecule is CCOC(=O)N1c2cc(OC)c(OC)cc2C(=O)C(=CO)C1C. The molecule has 1 aliphatic rings. The molecule has 7 nitrogen and oxygen atoms in total. The predicted octanol–water partition coefficient (Wildman–Crippen LogP) is 2.69. The van der Waals surface area contributed by atoms with E-state index < -0.39 is 12.1 Å². The number of hydrogen-bond acceptors (Lipinski definition) is 6. The van der Waals surface area contributed by atoms with E-state index in [1.807, 2.05) is 0 Å². The third-order valence-corrected chi connectivity index (χ3v) is 3.71. The van der Waals surface area contributed by atoms with E-state index in [0.29, 0.717) is 17.2 Å². The Morgan fingerprint density at radius 3 is 2.43 bits per heavy atom. The first kappa shape index (κ1) is 16.7. The molecular formula is C16H19NO6. The van der Waals surface area contributed by atoms with Gasteiger partial charge in [0, 0.05) is 6.07 Å². The van der Waals surface area contributed by atoms with Gasteiger partial charge in [0.25, 0.3) is 0 Å². The number of nitrogens with zero attached hydrogens (tertiary/aromatic N) is 1. The van der Waals surface area contributed by atoms with Crippen molar-refractivity contribution in [2.45, 2.75) is 19.9 Å². The molecule has 1 atom stereocenters. The second kappa shape index (κ2) is 6.60. The summed E-state index contributed by atoms with van der Waals surface area (Å²) in [6.07, 6.45) is 0.110. The summed E-state index contributed by atoms with van der Waals surface area (Å²) in [5.41, 5.74) is 0.677. The number of hydrogen-bond donors (Lipinski definition) is 1. The number of carbonyl (C=O) groups excluding carboxylic acids is 2. The zero-order valence-corrected chi connectivity index (χ0v) is 13.5. The van der Waals surface area contributed by atoms with Gasteiger partial charge in [-0.1, -0.05) is 0 Å². The normalized spacial score (nSPS) is 18.6. The summed E-state index contributed by atoms with van der Waals surface area (Å²) in [7, 11) is 2.91. The lowest BCUT2D eigenvalue weighted by Crippen LogP contribution is -2.46. The monoisotopic (exact) mass is 321 g/mol. The number of aliphatic hydroxyl groups is 1. The second-order valence-corrected chi connectivity index (χ2v) is 4.88. The maximum absolute atomic E-state index is 12.5. The molecular weight excluding hydrogens is 302 g/mol. The smallest absolute Gasteiger partial charge is 0.414 e. The van der Waals surface area contributed by atoms with Crippen LogP contribution >= 0.6 is 0 Å². The van der Waals surface area contributed by atoms with Crippen molar-refractivity contribution in [2.24, 2.45) is 0 Å². The van der Waals surface area contributed by atoms with Crippen LogP contribution in [0.15, 0.2) is 24.0 Å². The number of Topliss-reactive ketones (excluding diaryl/α,β-unsaturated/α-hetero) is 1. The molecule has 0 saturated heterocycles. The van der Waals surface area contributed by atoms with E-state index in [0.717, 1.165) is 6.26 Å². The summed E-state index contributed by atoms with van der Waals surface area (Å²) in [6, 6.07) is 2.36. The zero-order valence-electron chi connectivity index (χ0n) is 13.5. The minimum Gasteiger partial charge on any atom is -0.515 e. The molecule has 0 fully saturated rings. The zero-order chi connectivity index (χ0) is 17.1. The molecule has 124 valence electrons. The van der Waals surface area contributed by atoms with E-state index >= 15 is 0 Å². The van der Waals surface area contributed by atoms with Crippen LogP contribution < -0.4 is 14.4 Å². The Balaban J connectivity index is 2.69. The van der Waals surface area contributed by atoms with Crippen molar-refractivity contribution in [1.82, 2.24) is 0 Å². The van der Waals surface area contributed by atoms with Crippen LogP contribution in [0.2, 0.25) is 0 Å². The van der Waals surface area contributed by atoms with Crippen LogP contribution in [0.4, 0.5) is 10.5 Å². The molecule has 1 aromatic rings. The third-order valence-electron chi connectivity index (χ3n) is 3.71. The first-order valence-corrected chi connectivity index (χ1v) is 7.11. The Hall–Kier alpha value is -2.70. The molecule has 0 radical (unpaired) electrons. The van der Waals surface area contributed by atoms with Crippen LogP contribution in [0.3, 0.4) is 0 Å². The van der Waals surface area contributed by atoms with Gasteiger partial charge >= 0.3 is 6.09 Å². The standard InChI is InChI=1S/C16H19NO6/c1-5-23-16(20)17-9(2)11(8-18)15(19)10-6-13(21-3)14(22-4)7-12(10)17/h6-9,18H,5H2,1-4H3. The Labute approximate surface area is 134 Å². The van der Waals surface area contributed by atoms with Crippen LogP contribution in [0.1, 0.15) is 24.2 Å². The summed E-state index contributed by atoms with van der Waals surface area (Å²) in [5, 5.41) is 9.40. The average molecular weight is 321 g/mol. The molecule has 0 saturated carbocycles. The number of fused-ring (bicyclic) bond motifs is 1. The molecule has 0 spiro atoms. The Kier molecular flexibility index (Phi) is 4.78. The van der Waals surface area contributed by atoms with Crippen LogP contribution in [-0.4, -0.2) is 43.9 Å². The Morgan fingerprint density at radius 1 is 1.30 bits per heavy atom. The topological polar surface area (TPSA) is 85.3 Å². The fourth-order valence-corrected chi connectivity index (χ4v) is 2.56. The minimum absolute atomic E-state index is 0.0952. The van der Waals surface area contributed by atoms with Gasteiger partial charge in [0.05, 0.1) is 50.0 Å². The molecule has 1 heterocycles. The molecule has 0 aromatic heterocycles. The molecule has 1 unspecified atom stereocenters. The van der Waals surface area contributed by atoms with Crippen LogP contribution in [0, 0.1) is 0 Å². The first-order valence-electron chi connectivity index (χ1n) is 7.11. The van der Waals surface area contributed by atoms with Crippen LogP contribution in [0.5, 0.6) is 11.5 Å². The van der Waals surface area contributed by atoms with E-state index in [1.54, 1.807) is 19.9 Å². The lowest BCUT2D eigenvalue weighted by molar-refractivity contribution is 0.101. The van der Waals surface area contributed by atoms with E-state index in [-0.39, 0.29) is 23.5 Å². The molecule has 7 heteroatoms. The molecule has 0 aliphatic carbocycles. The fourth-order valence-electron chi connectivity index (χ4n) is 2.56. The second-order valence-electron chi connectivity index (χ2n) is 4.88. The van der Waals surface area contributed by atoms with Gasteiger partial charge in [-0.3, -0.25) is 9.69 Å². The van der Waals surface area contributed by atoms with Gasteiger partial charge in [-0.05, 0) is 19.9 Å². The van der Waals surface area contributed by atoms with Crippen molar-refractivity contribution in [3.05, 3.63) is 29.5 Å². The summed E-state index contributed by atoms with van der Waals surface area (Å²) in [4.78, 5) is 26.2. The molecule has 0 bridgehead atoms. The number of ether oxygens (including phenoxy) is 3. The van der Waals surface area contributed by atoms with Gasteiger partial charge in [0.2, 0.25) is 0 Å². The summed E-state index contributed by atoms with van der Waals surface area (Å²) in [6.45, 7) is 3.52. The summed E-state index contributed by atoms with van der Waals surface area (Å²) < 4.78 is 15.5. The van der Waals surface area contributed by atoms with Gasteiger partial charge in [-0.15, -0.1) is 0 Å². The summed E-state index contributed by atoms with van der Waals surface area (Å²) >= 11 is 0. The number of carbonyl (C=O) groups is 2. The van der Waals surface area contributed by atoms with Crippen molar-refractivity contribution in [3.63, 3.8) is 0 Å². The summed E-state index contributed by atoms with van der Waals surface area (Å²) in [5.74, 6) is 0.365. The number of aliphatic hydroxyl groups excluding tert-OH is 1. The number of methoxy groups -OCH3 is 2. The van der Waals surface area contributed by atoms with E-state index in [9.17, 15) is 14.7 Å². The lowest BCUT2D eigenvalue weighted by Gasteiger charge is -2.35. The molecule has 1 N–H and O–H groups in total. The number of benzene rings is 1. The number of amides is 1.